The third-order valence-electron chi connectivity index (χ3n) is 2.77. The molecule has 0 aliphatic carbocycles. The van der Waals surface area contributed by atoms with Crippen LogP contribution < -0.4 is 0 Å². The summed E-state index contributed by atoms with van der Waals surface area (Å²) >= 11 is 3.23. The summed E-state index contributed by atoms with van der Waals surface area (Å²) in [6.07, 6.45) is -0.184. The van der Waals surface area contributed by atoms with E-state index in [-0.39, 0.29) is 6.42 Å². The highest BCUT2D eigenvalue weighted by molar-refractivity contribution is 9.10. The highest BCUT2D eigenvalue weighted by Gasteiger charge is 2.24. The van der Waals surface area contributed by atoms with Crippen LogP contribution in [-0.2, 0) is 6.42 Å². The number of nitrogens with zero attached hydrogens (tertiary/aromatic N) is 1. The van der Waals surface area contributed by atoms with Gasteiger partial charge in [0, 0.05) is 10.9 Å². The van der Waals surface area contributed by atoms with Crippen molar-refractivity contribution in [1.82, 2.24) is 0 Å². The number of hydrogen-bond donors (Lipinski definition) is 0. The number of benzene rings is 2. The fourth-order valence-corrected chi connectivity index (χ4v) is 2.28. The summed E-state index contributed by atoms with van der Waals surface area (Å²) < 4.78 is 27.9. The minimum absolute atomic E-state index is 0.184. The lowest BCUT2D eigenvalue weighted by Crippen LogP contribution is -2.09. The Morgan fingerprint density at radius 1 is 1.24 bits per heavy atom. The molecule has 0 spiro atoms. The molecule has 0 aliphatic rings. The minimum atomic E-state index is -1.32. The monoisotopic (exact) mass is 355 g/mol. The van der Waals surface area contributed by atoms with E-state index in [2.05, 4.69) is 15.9 Å². The average Bonchev–Trinajstić information content (AvgIpc) is 2.40. The van der Waals surface area contributed by atoms with Crippen LogP contribution in [0.25, 0.3) is 0 Å². The quantitative estimate of drug-likeness (QED) is 0.472. The molecule has 108 valence electrons. The van der Waals surface area contributed by atoms with Crippen LogP contribution in [0.2, 0.25) is 0 Å². The third-order valence-corrected chi connectivity index (χ3v) is 3.26. The Labute approximate surface area is 126 Å². The van der Waals surface area contributed by atoms with Gasteiger partial charge in [-0.25, -0.2) is 4.39 Å². The van der Waals surface area contributed by atoms with Gasteiger partial charge in [-0.2, -0.15) is 4.39 Å². The first-order valence-electron chi connectivity index (χ1n) is 5.79. The molecule has 2 aromatic rings. The number of carbonyl (C=O) groups is 1. The molecule has 0 N–H and O–H groups in total. The van der Waals surface area contributed by atoms with Crippen molar-refractivity contribution in [2.24, 2.45) is 0 Å². The van der Waals surface area contributed by atoms with Gasteiger partial charge in [0.1, 0.15) is 5.82 Å². The second-order valence-electron chi connectivity index (χ2n) is 4.27. The van der Waals surface area contributed by atoms with Gasteiger partial charge in [0.05, 0.1) is 16.6 Å². The number of carbonyl (C=O) groups excluding carboxylic acids is 1. The highest BCUT2D eigenvalue weighted by atomic mass is 79.9. The van der Waals surface area contributed by atoms with E-state index >= 15 is 0 Å². The molecule has 0 aromatic heterocycles. The van der Waals surface area contributed by atoms with Crippen molar-refractivity contribution in [3.05, 3.63) is 73.7 Å². The molecule has 0 bridgehead atoms. The lowest BCUT2D eigenvalue weighted by Gasteiger charge is -2.04. The summed E-state index contributed by atoms with van der Waals surface area (Å²) in [6.45, 7) is 0. The zero-order valence-electron chi connectivity index (χ0n) is 10.5. The summed E-state index contributed by atoms with van der Waals surface area (Å²) in [7, 11) is 0. The maximum absolute atomic E-state index is 13.9. The number of hydrogen-bond acceptors (Lipinski definition) is 3. The molecule has 0 unspecified atom stereocenters. The number of nitro groups is 1. The molecule has 0 radical (unpaired) electrons. The third kappa shape index (κ3) is 3.49. The zero-order valence-corrected chi connectivity index (χ0v) is 12.1. The Hall–Kier alpha value is -2.15. The van der Waals surface area contributed by atoms with E-state index in [0.29, 0.717) is 17.7 Å². The van der Waals surface area contributed by atoms with Crippen LogP contribution in [0.4, 0.5) is 14.5 Å². The molecule has 0 atom stereocenters. The molecule has 0 heterocycles. The van der Waals surface area contributed by atoms with E-state index in [1.807, 2.05) is 0 Å². The van der Waals surface area contributed by atoms with Gasteiger partial charge in [0.2, 0.25) is 5.82 Å². The first kappa shape index (κ1) is 15.2. The normalized spacial score (nSPS) is 10.4. The molecule has 0 aliphatic heterocycles. The first-order valence-corrected chi connectivity index (χ1v) is 6.59. The van der Waals surface area contributed by atoms with Gasteiger partial charge in [-0.05, 0) is 23.8 Å². The van der Waals surface area contributed by atoms with Crippen molar-refractivity contribution >= 4 is 27.4 Å². The van der Waals surface area contributed by atoms with E-state index in [1.54, 1.807) is 24.3 Å². The summed E-state index contributed by atoms with van der Waals surface area (Å²) in [6, 6.07) is 7.87. The van der Waals surface area contributed by atoms with Crippen molar-refractivity contribution in [3.8, 4) is 0 Å². The fraction of sp³-hybridized carbons (Fsp3) is 0.0714. The second kappa shape index (κ2) is 6.09. The van der Waals surface area contributed by atoms with Gasteiger partial charge in [0.15, 0.2) is 5.78 Å². The van der Waals surface area contributed by atoms with Gasteiger partial charge in [0.25, 0.3) is 0 Å². The van der Waals surface area contributed by atoms with Crippen molar-refractivity contribution < 1.29 is 18.5 Å². The van der Waals surface area contributed by atoms with Crippen molar-refractivity contribution in [2.75, 3.05) is 0 Å². The average molecular weight is 356 g/mol. The molecule has 2 aromatic carbocycles. The standard InChI is InChI=1S/C14H8BrF2NO3/c15-9-3-1-2-8(4-9)5-13(19)11-6-10(16)7-12(14(11)17)18(20)21/h1-4,6-7H,5H2. The van der Waals surface area contributed by atoms with E-state index in [0.717, 1.165) is 4.47 Å². The molecule has 0 saturated carbocycles. The Bertz CT molecular complexity index is 734. The van der Waals surface area contributed by atoms with E-state index in [4.69, 9.17) is 0 Å². The van der Waals surface area contributed by atoms with Crippen LogP contribution in [0.1, 0.15) is 15.9 Å². The number of ketones is 1. The summed E-state index contributed by atoms with van der Waals surface area (Å²) in [5, 5.41) is 10.6. The largest absolute Gasteiger partial charge is 0.308 e. The number of rotatable bonds is 4. The smallest absolute Gasteiger partial charge is 0.294 e. The van der Waals surface area contributed by atoms with Crippen LogP contribution in [0.15, 0.2) is 40.9 Å². The number of nitro benzene ring substituents is 1. The Balaban J connectivity index is 2.37. The Morgan fingerprint density at radius 3 is 2.57 bits per heavy atom. The molecular weight excluding hydrogens is 348 g/mol. The molecule has 7 heteroatoms. The fourth-order valence-electron chi connectivity index (χ4n) is 1.84. The zero-order chi connectivity index (χ0) is 15.6. The van der Waals surface area contributed by atoms with Crippen LogP contribution in [-0.4, -0.2) is 10.7 Å². The Kier molecular flexibility index (Phi) is 4.42. The van der Waals surface area contributed by atoms with E-state index in [9.17, 15) is 23.7 Å². The van der Waals surface area contributed by atoms with Crippen LogP contribution in [0.3, 0.4) is 0 Å². The lowest BCUT2D eigenvalue weighted by molar-refractivity contribution is -0.387. The Morgan fingerprint density at radius 2 is 1.95 bits per heavy atom. The molecular formula is C14H8BrF2NO3. The van der Waals surface area contributed by atoms with Gasteiger partial charge in [-0.1, -0.05) is 28.1 Å². The topological polar surface area (TPSA) is 60.2 Å². The predicted octanol–water partition coefficient (Wildman–Crippen LogP) is 4.06. The van der Waals surface area contributed by atoms with E-state index in [1.165, 1.54) is 0 Å². The van der Waals surface area contributed by atoms with Crippen LogP contribution >= 0.6 is 15.9 Å². The molecule has 0 saturated heterocycles. The number of halogens is 3. The summed E-state index contributed by atoms with van der Waals surface area (Å²) in [4.78, 5) is 21.6. The molecule has 0 fully saturated rings. The highest BCUT2D eigenvalue weighted by Crippen LogP contribution is 2.24. The molecule has 0 amide bonds. The van der Waals surface area contributed by atoms with E-state index < -0.39 is 33.6 Å². The first-order chi connectivity index (χ1) is 9.88. The van der Waals surface area contributed by atoms with Gasteiger partial charge >= 0.3 is 5.69 Å². The maximum Gasteiger partial charge on any atom is 0.308 e. The maximum atomic E-state index is 13.9. The molecule has 4 nitrogen and oxygen atoms in total. The van der Waals surface area contributed by atoms with Crippen molar-refractivity contribution in [3.63, 3.8) is 0 Å². The molecule has 21 heavy (non-hydrogen) atoms. The van der Waals surface area contributed by atoms with Gasteiger partial charge in [-0.3, -0.25) is 14.9 Å². The number of Topliss-reactive ketones (excluding diaryl/α,β-unsaturated/α-hetero) is 1. The summed E-state index contributed by atoms with van der Waals surface area (Å²) in [5.41, 5.74) is -1.09. The van der Waals surface area contributed by atoms with Crippen molar-refractivity contribution in [2.45, 2.75) is 6.42 Å². The predicted molar refractivity (Wildman–Crippen MR) is 75.2 cm³/mol. The van der Waals surface area contributed by atoms with Crippen molar-refractivity contribution in [1.29, 1.82) is 0 Å². The molecule has 2 rings (SSSR count). The SMILES string of the molecule is O=C(Cc1cccc(Br)c1)c1cc(F)cc([N+](=O)[O-])c1F. The lowest BCUT2D eigenvalue weighted by atomic mass is 10.0. The van der Waals surface area contributed by atoms with Crippen LogP contribution in [0, 0.1) is 21.7 Å². The van der Waals surface area contributed by atoms with Gasteiger partial charge < -0.3 is 0 Å². The second-order valence-corrected chi connectivity index (χ2v) is 5.19. The van der Waals surface area contributed by atoms with Crippen LogP contribution in [0.5, 0.6) is 0 Å². The van der Waals surface area contributed by atoms with Gasteiger partial charge in [-0.15, -0.1) is 0 Å². The minimum Gasteiger partial charge on any atom is -0.294 e. The summed E-state index contributed by atoms with van der Waals surface area (Å²) in [5.74, 6) is -3.07.